The van der Waals surface area contributed by atoms with Crippen molar-refractivity contribution in [1.29, 1.82) is 0 Å². The molecule has 0 atom stereocenters. The van der Waals surface area contributed by atoms with Crippen LogP contribution in [0.15, 0.2) is 72.9 Å². The third kappa shape index (κ3) is 4.35. The van der Waals surface area contributed by atoms with Gasteiger partial charge >= 0.3 is 0 Å². The monoisotopic (exact) mass is 390 g/mol. The number of rotatable bonds is 8. The maximum Gasteiger partial charge on any atom is 0.0723 e. The number of nitrogens with zero attached hydrogens (tertiary/aromatic N) is 1. The Morgan fingerprint density at radius 3 is 2.32 bits per heavy atom. The fraction of sp³-hybridized carbons (Fsp3) is 0.174. The third-order valence-electron chi connectivity index (χ3n) is 4.73. The molecule has 0 aliphatic heterocycles. The topological polar surface area (TPSA) is 49.0 Å². The highest BCUT2D eigenvalue weighted by molar-refractivity contribution is 6.31. The zero-order chi connectivity index (χ0) is 19.2. The molecule has 0 bridgehead atoms. The number of halogens is 1. The summed E-state index contributed by atoms with van der Waals surface area (Å²) >= 11 is 6.12. The van der Waals surface area contributed by atoms with Gasteiger partial charge in [-0.1, -0.05) is 48.0 Å². The van der Waals surface area contributed by atoms with Crippen LogP contribution in [0.5, 0.6) is 0 Å². The van der Waals surface area contributed by atoms with Crippen LogP contribution in [-0.2, 0) is 0 Å². The quantitative estimate of drug-likeness (QED) is 0.364. The Morgan fingerprint density at radius 1 is 0.714 bits per heavy atom. The van der Waals surface area contributed by atoms with E-state index in [9.17, 15) is 0 Å². The summed E-state index contributed by atoms with van der Waals surface area (Å²) in [5, 5.41) is 14.7. The molecule has 0 unspecified atom stereocenters. The lowest BCUT2D eigenvalue weighted by atomic mass is 10.1. The summed E-state index contributed by atoms with van der Waals surface area (Å²) in [5.41, 5.74) is 3.18. The molecular weight excluding hydrogens is 368 g/mol. The van der Waals surface area contributed by atoms with E-state index in [4.69, 9.17) is 11.6 Å². The van der Waals surface area contributed by atoms with Crippen molar-refractivity contribution < 1.29 is 0 Å². The van der Waals surface area contributed by atoms with Crippen LogP contribution in [0, 0.1) is 0 Å². The number of benzene rings is 3. The van der Waals surface area contributed by atoms with Gasteiger partial charge in [0, 0.05) is 59.5 Å². The molecule has 0 fully saturated rings. The smallest absolute Gasteiger partial charge is 0.0723 e. The molecule has 0 aliphatic rings. The SMILES string of the molecule is Clc1ccc2nccc(NCCNCCNc3cccc4ccccc34)c2c1. The van der Waals surface area contributed by atoms with Gasteiger partial charge in [-0.15, -0.1) is 0 Å². The summed E-state index contributed by atoms with van der Waals surface area (Å²) in [4.78, 5) is 4.38. The summed E-state index contributed by atoms with van der Waals surface area (Å²) < 4.78 is 0. The highest BCUT2D eigenvalue weighted by Gasteiger charge is 2.02. The molecule has 4 nitrogen and oxygen atoms in total. The van der Waals surface area contributed by atoms with Crippen molar-refractivity contribution in [2.75, 3.05) is 36.8 Å². The minimum Gasteiger partial charge on any atom is -0.383 e. The summed E-state index contributed by atoms with van der Waals surface area (Å²) in [7, 11) is 0. The van der Waals surface area contributed by atoms with Crippen molar-refractivity contribution >= 4 is 44.7 Å². The third-order valence-corrected chi connectivity index (χ3v) is 4.96. The molecule has 0 spiro atoms. The van der Waals surface area contributed by atoms with Gasteiger partial charge in [-0.05, 0) is 35.7 Å². The van der Waals surface area contributed by atoms with Crippen molar-refractivity contribution in [3.63, 3.8) is 0 Å². The van der Waals surface area contributed by atoms with Gasteiger partial charge in [0.25, 0.3) is 0 Å². The highest BCUT2D eigenvalue weighted by atomic mass is 35.5. The van der Waals surface area contributed by atoms with Gasteiger partial charge in [0.1, 0.15) is 0 Å². The lowest BCUT2D eigenvalue weighted by Crippen LogP contribution is -2.27. The molecule has 0 radical (unpaired) electrons. The van der Waals surface area contributed by atoms with Crippen molar-refractivity contribution in [1.82, 2.24) is 10.3 Å². The van der Waals surface area contributed by atoms with E-state index in [1.807, 2.05) is 30.5 Å². The van der Waals surface area contributed by atoms with Gasteiger partial charge in [0.15, 0.2) is 0 Å². The van der Waals surface area contributed by atoms with Crippen LogP contribution >= 0.6 is 11.6 Å². The van der Waals surface area contributed by atoms with Gasteiger partial charge in [-0.25, -0.2) is 0 Å². The fourth-order valence-corrected chi connectivity index (χ4v) is 3.52. The van der Waals surface area contributed by atoms with Crippen LogP contribution in [0.1, 0.15) is 0 Å². The van der Waals surface area contributed by atoms with Crippen LogP contribution in [0.25, 0.3) is 21.7 Å². The maximum atomic E-state index is 6.12. The Bertz CT molecular complexity index is 1080. The van der Waals surface area contributed by atoms with Crippen molar-refractivity contribution in [2.45, 2.75) is 0 Å². The number of fused-ring (bicyclic) bond motifs is 2. The van der Waals surface area contributed by atoms with E-state index >= 15 is 0 Å². The van der Waals surface area contributed by atoms with Gasteiger partial charge in [0.2, 0.25) is 0 Å². The second-order valence-corrected chi connectivity index (χ2v) is 7.09. The molecule has 0 saturated heterocycles. The predicted octanol–water partition coefficient (Wildman–Crippen LogP) is 5.16. The largest absolute Gasteiger partial charge is 0.383 e. The molecule has 3 aromatic carbocycles. The number of anilines is 2. The van der Waals surface area contributed by atoms with Gasteiger partial charge < -0.3 is 16.0 Å². The Balaban J connectivity index is 1.23. The predicted molar refractivity (Wildman–Crippen MR) is 121 cm³/mol. The summed E-state index contributed by atoms with van der Waals surface area (Å²) in [6.45, 7) is 3.48. The summed E-state index contributed by atoms with van der Waals surface area (Å²) in [6, 6.07) is 22.5. The van der Waals surface area contributed by atoms with E-state index in [1.54, 1.807) is 0 Å². The van der Waals surface area contributed by atoms with Crippen molar-refractivity contribution in [3.8, 4) is 0 Å². The first-order valence-electron chi connectivity index (χ1n) is 9.52. The molecule has 0 aliphatic carbocycles. The van der Waals surface area contributed by atoms with Crippen LogP contribution in [0.3, 0.4) is 0 Å². The first-order valence-corrected chi connectivity index (χ1v) is 9.89. The van der Waals surface area contributed by atoms with E-state index in [2.05, 4.69) is 63.4 Å². The first-order chi connectivity index (χ1) is 13.8. The first kappa shape index (κ1) is 18.5. The molecule has 142 valence electrons. The van der Waals surface area contributed by atoms with Gasteiger partial charge in [-0.3, -0.25) is 4.98 Å². The molecule has 4 aromatic rings. The number of pyridine rings is 1. The van der Waals surface area contributed by atoms with Gasteiger partial charge in [-0.2, -0.15) is 0 Å². The number of nitrogens with one attached hydrogen (secondary N) is 3. The van der Waals surface area contributed by atoms with E-state index in [1.165, 1.54) is 16.5 Å². The Hall–Kier alpha value is -2.82. The normalized spacial score (nSPS) is 11.0. The standard InChI is InChI=1S/C23H23ClN4/c24-18-8-9-22-20(16-18)23(10-11-26-22)28-15-13-25-12-14-27-21-7-3-5-17-4-1-2-6-19(17)21/h1-11,16,25,27H,12-15H2,(H,26,28). The Kier molecular flexibility index (Phi) is 5.90. The van der Waals surface area contributed by atoms with Crippen LogP contribution in [-0.4, -0.2) is 31.2 Å². The van der Waals surface area contributed by atoms with Crippen LogP contribution < -0.4 is 16.0 Å². The maximum absolute atomic E-state index is 6.12. The molecular formula is C23H23ClN4. The zero-order valence-corrected chi connectivity index (χ0v) is 16.3. The van der Waals surface area contributed by atoms with E-state index in [-0.39, 0.29) is 0 Å². The molecule has 1 heterocycles. The molecule has 3 N–H and O–H groups in total. The number of aromatic nitrogens is 1. The average molecular weight is 391 g/mol. The molecule has 0 saturated carbocycles. The van der Waals surface area contributed by atoms with E-state index in [0.717, 1.165) is 47.8 Å². The second kappa shape index (κ2) is 8.91. The van der Waals surface area contributed by atoms with Gasteiger partial charge in [0.05, 0.1) is 5.52 Å². The van der Waals surface area contributed by atoms with Crippen molar-refractivity contribution in [2.24, 2.45) is 0 Å². The number of hydrogen-bond acceptors (Lipinski definition) is 4. The second-order valence-electron chi connectivity index (χ2n) is 6.65. The molecule has 5 heteroatoms. The molecule has 0 amide bonds. The molecule has 28 heavy (non-hydrogen) atoms. The molecule has 4 rings (SSSR count). The minimum absolute atomic E-state index is 0.723. The van der Waals surface area contributed by atoms with Crippen LogP contribution in [0.2, 0.25) is 5.02 Å². The summed E-state index contributed by atoms with van der Waals surface area (Å²) in [6.07, 6.45) is 1.82. The fourth-order valence-electron chi connectivity index (χ4n) is 3.35. The van der Waals surface area contributed by atoms with Crippen LogP contribution in [0.4, 0.5) is 11.4 Å². The summed E-state index contributed by atoms with van der Waals surface area (Å²) in [5.74, 6) is 0. The Morgan fingerprint density at radius 2 is 1.46 bits per heavy atom. The molecule has 1 aromatic heterocycles. The highest BCUT2D eigenvalue weighted by Crippen LogP contribution is 2.24. The van der Waals surface area contributed by atoms with E-state index in [0.29, 0.717) is 0 Å². The lowest BCUT2D eigenvalue weighted by molar-refractivity contribution is 0.719. The zero-order valence-electron chi connectivity index (χ0n) is 15.6. The number of hydrogen-bond donors (Lipinski definition) is 3. The van der Waals surface area contributed by atoms with Crippen molar-refractivity contribution in [3.05, 3.63) is 77.9 Å². The average Bonchev–Trinajstić information content (AvgIpc) is 2.73. The lowest BCUT2D eigenvalue weighted by Gasteiger charge is -2.12. The van der Waals surface area contributed by atoms with E-state index < -0.39 is 0 Å². The Labute approximate surface area is 169 Å². The minimum atomic E-state index is 0.723.